The molecular formula is C19H29N3O8S. The van der Waals surface area contributed by atoms with Gasteiger partial charge in [-0.3, -0.25) is 4.79 Å². The molecule has 31 heavy (non-hydrogen) atoms. The topological polar surface area (TPSA) is 149 Å². The Balaban J connectivity index is 2.67. The zero-order valence-corrected chi connectivity index (χ0v) is 18.4. The van der Waals surface area contributed by atoms with Gasteiger partial charge in [-0.25, -0.2) is 22.7 Å². The third kappa shape index (κ3) is 12.4. The van der Waals surface area contributed by atoms with Crippen molar-refractivity contribution in [3.8, 4) is 0 Å². The summed E-state index contributed by atoms with van der Waals surface area (Å²) >= 11 is 0. The van der Waals surface area contributed by atoms with Crippen LogP contribution in [0.15, 0.2) is 30.3 Å². The third-order valence-corrected chi connectivity index (χ3v) is 5.21. The molecule has 0 unspecified atom stereocenters. The van der Waals surface area contributed by atoms with Crippen LogP contribution in [0, 0.1) is 0 Å². The Labute approximate surface area is 181 Å². The fourth-order valence-corrected chi connectivity index (χ4v) is 3.35. The predicted octanol–water partition coefficient (Wildman–Crippen LogP) is 1.25. The van der Waals surface area contributed by atoms with E-state index in [0.717, 1.165) is 12.0 Å². The number of sulfonamides is 1. The molecule has 0 aliphatic rings. The Bertz CT molecular complexity index is 802. The Morgan fingerprint density at radius 3 is 2.29 bits per heavy atom. The van der Waals surface area contributed by atoms with Crippen LogP contribution in [0.2, 0.25) is 0 Å². The molecule has 0 spiro atoms. The molecule has 1 aromatic carbocycles. The maximum atomic E-state index is 12.3. The molecule has 0 radical (unpaired) electrons. The number of carbonyl (C=O) groups is 3. The van der Waals surface area contributed by atoms with Crippen molar-refractivity contribution in [1.29, 1.82) is 0 Å². The van der Waals surface area contributed by atoms with Crippen LogP contribution in [0.3, 0.4) is 0 Å². The van der Waals surface area contributed by atoms with Crippen LogP contribution in [0.1, 0.15) is 31.7 Å². The van der Waals surface area contributed by atoms with Gasteiger partial charge in [0.15, 0.2) is 0 Å². The van der Waals surface area contributed by atoms with Gasteiger partial charge >= 0.3 is 18.2 Å². The van der Waals surface area contributed by atoms with Gasteiger partial charge in [-0.2, -0.15) is 0 Å². The van der Waals surface area contributed by atoms with E-state index in [0.29, 0.717) is 6.42 Å². The second-order valence-corrected chi connectivity index (χ2v) is 8.25. The molecule has 3 N–H and O–H groups in total. The Kier molecular flexibility index (Phi) is 12.0. The van der Waals surface area contributed by atoms with E-state index in [2.05, 4.69) is 20.1 Å². The number of unbranched alkanes of at least 4 members (excludes halogenated alkanes) is 1. The minimum Gasteiger partial charge on any atom is -0.469 e. The molecule has 0 bridgehead atoms. The molecule has 0 aliphatic carbocycles. The molecule has 12 heteroatoms. The summed E-state index contributed by atoms with van der Waals surface area (Å²) in [5, 5.41) is 4.58. The number of ether oxygens (including phenoxy) is 3. The molecule has 1 aromatic rings. The van der Waals surface area contributed by atoms with Gasteiger partial charge in [-0.05, 0) is 12.0 Å². The van der Waals surface area contributed by atoms with E-state index in [1.165, 1.54) is 7.11 Å². The number of nitrogens with one attached hydrogen (secondary N) is 3. The van der Waals surface area contributed by atoms with Crippen molar-refractivity contribution < 1.29 is 37.0 Å². The van der Waals surface area contributed by atoms with Gasteiger partial charge in [0.05, 0.1) is 20.1 Å². The summed E-state index contributed by atoms with van der Waals surface area (Å²) in [6.45, 7) is 1.84. The summed E-state index contributed by atoms with van der Waals surface area (Å²) in [4.78, 5) is 35.1. The number of carbonyl (C=O) groups excluding carboxylic acids is 3. The Morgan fingerprint density at radius 1 is 1.03 bits per heavy atom. The highest BCUT2D eigenvalue weighted by molar-refractivity contribution is 7.89. The lowest BCUT2D eigenvalue weighted by Gasteiger charge is -2.20. The molecule has 174 valence electrons. The van der Waals surface area contributed by atoms with Crippen molar-refractivity contribution >= 4 is 28.2 Å². The predicted molar refractivity (Wildman–Crippen MR) is 111 cm³/mol. The van der Waals surface area contributed by atoms with E-state index in [1.807, 2.05) is 13.0 Å². The second-order valence-electron chi connectivity index (χ2n) is 6.39. The molecule has 0 saturated carbocycles. The monoisotopic (exact) mass is 459 g/mol. The maximum Gasteiger partial charge on any atom is 0.409 e. The number of amides is 2. The fourth-order valence-electron chi connectivity index (χ4n) is 2.21. The molecule has 2 amide bonds. The zero-order valence-electron chi connectivity index (χ0n) is 17.6. The highest BCUT2D eigenvalue weighted by Gasteiger charge is 2.24. The summed E-state index contributed by atoms with van der Waals surface area (Å²) < 4.78 is 41.2. The third-order valence-electron chi connectivity index (χ3n) is 3.79. The normalized spacial score (nSPS) is 11.8. The summed E-state index contributed by atoms with van der Waals surface area (Å²) in [6.07, 6.45) is -1.86. The van der Waals surface area contributed by atoms with Crippen molar-refractivity contribution in [2.45, 2.75) is 39.0 Å². The van der Waals surface area contributed by atoms with Gasteiger partial charge in [0, 0.05) is 6.54 Å². The summed E-state index contributed by atoms with van der Waals surface area (Å²) in [5.41, 5.74) is 0.734. The van der Waals surface area contributed by atoms with Crippen molar-refractivity contribution in [3.05, 3.63) is 35.9 Å². The van der Waals surface area contributed by atoms with E-state index in [1.54, 1.807) is 24.3 Å². The molecule has 0 saturated heterocycles. The van der Waals surface area contributed by atoms with Gasteiger partial charge < -0.3 is 24.8 Å². The van der Waals surface area contributed by atoms with Gasteiger partial charge in [-0.1, -0.05) is 43.7 Å². The van der Waals surface area contributed by atoms with Crippen molar-refractivity contribution in [2.75, 3.05) is 26.0 Å². The summed E-state index contributed by atoms with van der Waals surface area (Å²) in [7, 11) is -2.78. The smallest absolute Gasteiger partial charge is 0.409 e. The number of rotatable bonds is 13. The average Bonchev–Trinajstić information content (AvgIpc) is 2.72. The Morgan fingerprint density at radius 2 is 1.68 bits per heavy atom. The number of benzene rings is 1. The van der Waals surface area contributed by atoms with Crippen molar-refractivity contribution in [2.24, 2.45) is 0 Å². The minimum absolute atomic E-state index is 0.0372. The van der Waals surface area contributed by atoms with Crippen LogP contribution in [-0.4, -0.2) is 58.8 Å². The first-order valence-corrected chi connectivity index (χ1v) is 11.4. The molecular weight excluding hydrogens is 430 g/mol. The van der Waals surface area contributed by atoms with Crippen LogP contribution in [0.4, 0.5) is 9.59 Å². The number of methoxy groups -OCH3 is 1. The highest BCUT2D eigenvalue weighted by Crippen LogP contribution is 2.01. The summed E-state index contributed by atoms with van der Waals surface area (Å²) in [5.74, 6) is -1.28. The molecule has 0 aliphatic heterocycles. The molecule has 0 heterocycles. The number of alkyl carbamates (subject to hydrolysis) is 2. The van der Waals surface area contributed by atoms with Crippen LogP contribution >= 0.6 is 0 Å². The Hall–Kier alpha value is -2.86. The fraction of sp³-hybridized carbons (Fsp3) is 0.526. The lowest BCUT2D eigenvalue weighted by Crippen LogP contribution is -2.53. The lowest BCUT2D eigenvalue weighted by atomic mass is 10.2. The molecule has 0 fully saturated rings. The van der Waals surface area contributed by atoms with E-state index < -0.39 is 40.1 Å². The van der Waals surface area contributed by atoms with E-state index in [4.69, 9.17) is 9.47 Å². The minimum atomic E-state index is -3.97. The van der Waals surface area contributed by atoms with Gasteiger partial charge in [0.1, 0.15) is 18.5 Å². The summed E-state index contributed by atoms with van der Waals surface area (Å²) in [6, 6.07) is 8.87. The number of hydrogen-bond donors (Lipinski definition) is 3. The number of esters is 1. The van der Waals surface area contributed by atoms with Crippen molar-refractivity contribution in [1.82, 2.24) is 15.4 Å². The molecule has 0 aromatic heterocycles. The van der Waals surface area contributed by atoms with E-state index in [9.17, 15) is 22.8 Å². The first-order chi connectivity index (χ1) is 14.8. The number of hydrogen-bond acceptors (Lipinski definition) is 8. The molecule has 11 nitrogen and oxygen atoms in total. The van der Waals surface area contributed by atoms with Crippen LogP contribution in [0.5, 0.6) is 0 Å². The molecule has 1 atom stereocenters. The van der Waals surface area contributed by atoms with Gasteiger partial charge in [0.25, 0.3) is 0 Å². The zero-order chi connectivity index (χ0) is 23.1. The maximum absolute atomic E-state index is 12.3. The SMILES string of the molecule is CCCCOC(=O)N[C@H](CS(=O)(=O)NCCC(=O)OC)NC(=O)OCc1ccccc1. The van der Waals surface area contributed by atoms with Crippen LogP contribution in [0.25, 0.3) is 0 Å². The highest BCUT2D eigenvalue weighted by atomic mass is 32.2. The van der Waals surface area contributed by atoms with E-state index >= 15 is 0 Å². The largest absolute Gasteiger partial charge is 0.469 e. The first kappa shape index (κ1) is 26.2. The first-order valence-electron chi connectivity index (χ1n) is 9.70. The molecule has 1 rings (SSSR count). The van der Waals surface area contributed by atoms with E-state index in [-0.39, 0.29) is 26.2 Å². The quantitative estimate of drug-likeness (QED) is 0.173. The lowest BCUT2D eigenvalue weighted by molar-refractivity contribution is -0.140. The van der Waals surface area contributed by atoms with Gasteiger partial charge in [0.2, 0.25) is 10.0 Å². The average molecular weight is 460 g/mol. The van der Waals surface area contributed by atoms with Crippen molar-refractivity contribution in [3.63, 3.8) is 0 Å². The van der Waals surface area contributed by atoms with Gasteiger partial charge in [-0.15, -0.1) is 0 Å². The van der Waals surface area contributed by atoms with Crippen LogP contribution < -0.4 is 15.4 Å². The second kappa shape index (κ2) is 14.2. The standard InChI is InChI=1S/C19H29N3O8S/c1-3-4-12-29-18(24)21-16(14-31(26,27)20-11-10-17(23)28-2)22-19(25)30-13-15-8-6-5-7-9-15/h5-9,16,20H,3-4,10-14H2,1-2H3,(H,21,24)(H,22,25)/t16-/m0/s1. The van der Waals surface area contributed by atoms with Crippen LogP contribution in [-0.2, 0) is 35.6 Å².